The maximum atomic E-state index is 10.8. The Bertz CT molecular complexity index is 184. The molecule has 1 saturated heterocycles. The molecule has 1 aliphatic heterocycles. The topological polar surface area (TPSA) is 96.2 Å². The van der Waals surface area contributed by atoms with Gasteiger partial charge in [-0.3, -0.25) is 5.41 Å². The summed E-state index contributed by atoms with van der Waals surface area (Å²) in [4.78, 5) is 12.3. The zero-order valence-electron chi connectivity index (χ0n) is 6.92. The molecule has 0 radical (unpaired) electrons. The molecule has 68 valence electrons. The van der Waals surface area contributed by atoms with Crippen LogP contribution in [0.25, 0.3) is 0 Å². The molecular weight excluding hydrogens is 156 g/mol. The third kappa shape index (κ3) is 1.87. The Kier molecular flexibility index (Phi) is 2.52. The summed E-state index contributed by atoms with van der Waals surface area (Å²) >= 11 is 0. The molecule has 0 saturated carbocycles. The molecule has 1 heterocycles. The highest BCUT2D eigenvalue weighted by Gasteiger charge is 2.23. The molecule has 0 bridgehead atoms. The van der Waals surface area contributed by atoms with Crippen LogP contribution in [0.1, 0.15) is 12.8 Å². The van der Waals surface area contributed by atoms with Crippen LogP contribution in [-0.4, -0.2) is 29.9 Å². The van der Waals surface area contributed by atoms with Gasteiger partial charge in [0.1, 0.15) is 0 Å². The van der Waals surface area contributed by atoms with Crippen molar-refractivity contribution in [2.45, 2.75) is 12.8 Å². The molecule has 5 N–H and O–H groups in total. The van der Waals surface area contributed by atoms with E-state index >= 15 is 0 Å². The van der Waals surface area contributed by atoms with Gasteiger partial charge in [0.05, 0.1) is 5.84 Å². The van der Waals surface area contributed by atoms with Crippen LogP contribution in [-0.2, 0) is 0 Å². The second-order valence-corrected chi connectivity index (χ2v) is 3.08. The number of carbonyl (C=O) groups is 1. The molecule has 1 fully saturated rings. The van der Waals surface area contributed by atoms with E-state index in [9.17, 15) is 4.79 Å². The number of amidine groups is 1. The van der Waals surface area contributed by atoms with E-state index in [0.717, 1.165) is 12.8 Å². The molecule has 1 aliphatic rings. The fourth-order valence-corrected chi connectivity index (χ4v) is 1.43. The lowest BCUT2D eigenvalue weighted by molar-refractivity contribution is 0.187. The number of nitrogens with two attached hydrogens (primary N) is 2. The third-order valence-electron chi connectivity index (χ3n) is 2.17. The quantitative estimate of drug-likeness (QED) is 0.372. The van der Waals surface area contributed by atoms with Crippen LogP contribution in [0.4, 0.5) is 4.79 Å². The highest BCUT2D eigenvalue weighted by molar-refractivity contribution is 5.81. The van der Waals surface area contributed by atoms with E-state index in [1.54, 1.807) is 0 Å². The highest BCUT2D eigenvalue weighted by atomic mass is 16.2. The van der Waals surface area contributed by atoms with Crippen molar-refractivity contribution in [2.24, 2.45) is 17.4 Å². The fraction of sp³-hybridized carbons (Fsp3) is 0.714. The van der Waals surface area contributed by atoms with Gasteiger partial charge in [-0.2, -0.15) is 0 Å². The van der Waals surface area contributed by atoms with Crippen LogP contribution in [0, 0.1) is 11.3 Å². The Hall–Kier alpha value is -1.26. The first-order valence-corrected chi connectivity index (χ1v) is 3.99. The molecule has 5 nitrogen and oxygen atoms in total. The lowest BCUT2D eigenvalue weighted by atomic mass is 9.97. The van der Waals surface area contributed by atoms with Crippen LogP contribution in [0.15, 0.2) is 0 Å². The smallest absolute Gasteiger partial charge is 0.314 e. The minimum atomic E-state index is -0.416. The van der Waals surface area contributed by atoms with Crippen LogP contribution >= 0.6 is 0 Å². The summed E-state index contributed by atoms with van der Waals surface area (Å²) < 4.78 is 0. The van der Waals surface area contributed by atoms with Gasteiger partial charge in [-0.05, 0) is 12.8 Å². The molecular formula is C7H14N4O. The molecule has 1 atom stereocenters. The molecule has 1 rings (SSSR count). The Morgan fingerprint density at radius 2 is 2.17 bits per heavy atom. The average molecular weight is 170 g/mol. The van der Waals surface area contributed by atoms with Crippen LogP contribution in [0.5, 0.6) is 0 Å². The normalized spacial score (nSPS) is 23.7. The predicted molar refractivity (Wildman–Crippen MR) is 45.8 cm³/mol. The molecule has 0 aromatic rings. The van der Waals surface area contributed by atoms with E-state index in [1.807, 2.05) is 0 Å². The summed E-state index contributed by atoms with van der Waals surface area (Å²) in [6.07, 6.45) is 1.77. The molecule has 1 unspecified atom stereocenters. The largest absolute Gasteiger partial charge is 0.387 e. The van der Waals surface area contributed by atoms with Crippen molar-refractivity contribution >= 4 is 11.9 Å². The number of nitrogens with one attached hydrogen (secondary N) is 1. The predicted octanol–water partition coefficient (Wildman–Crippen LogP) is -0.287. The molecule has 0 aromatic heterocycles. The summed E-state index contributed by atoms with van der Waals surface area (Å²) in [5.74, 6) is 0.159. The van der Waals surface area contributed by atoms with Crippen molar-refractivity contribution in [3.05, 3.63) is 0 Å². The molecule has 0 spiro atoms. The second kappa shape index (κ2) is 3.42. The summed E-state index contributed by atoms with van der Waals surface area (Å²) in [6.45, 7) is 1.20. The number of nitrogens with zero attached hydrogens (tertiary/aromatic N) is 1. The number of amides is 2. The van der Waals surface area contributed by atoms with Gasteiger partial charge in [-0.25, -0.2) is 4.79 Å². The highest BCUT2D eigenvalue weighted by Crippen LogP contribution is 2.15. The van der Waals surface area contributed by atoms with Gasteiger partial charge in [0.15, 0.2) is 0 Å². The monoisotopic (exact) mass is 170 g/mol. The molecule has 0 aliphatic carbocycles. The number of likely N-dealkylation sites (tertiary alicyclic amines) is 1. The Labute approximate surface area is 71.2 Å². The lowest BCUT2D eigenvalue weighted by Gasteiger charge is -2.30. The summed E-state index contributed by atoms with van der Waals surface area (Å²) in [7, 11) is 0. The van der Waals surface area contributed by atoms with Crippen molar-refractivity contribution in [2.75, 3.05) is 13.1 Å². The van der Waals surface area contributed by atoms with Crippen LogP contribution in [0.2, 0.25) is 0 Å². The van der Waals surface area contributed by atoms with Crippen molar-refractivity contribution in [3.8, 4) is 0 Å². The maximum Gasteiger partial charge on any atom is 0.314 e. The van der Waals surface area contributed by atoms with E-state index in [2.05, 4.69) is 0 Å². The van der Waals surface area contributed by atoms with Crippen molar-refractivity contribution < 1.29 is 4.79 Å². The summed E-state index contributed by atoms with van der Waals surface area (Å²) in [5.41, 5.74) is 10.4. The first kappa shape index (κ1) is 8.83. The standard InChI is InChI=1S/C7H14N4O/c8-6(9)5-2-1-3-11(4-5)7(10)12/h5H,1-4H2,(H3,8,9)(H2,10,12). The zero-order chi connectivity index (χ0) is 9.14. The Morgan fingerprint density at radius 1 is 1.50 bits per heavy atom. The van der Waals surface area contributed by atoms with E-state index in [-0.39, 0.29) is 11.8 Å². The van der Waals surface area contributed by atoms with E-state index in [4.69, 9.17) is 16.9 Å². The van der Waals surface area contributed by atoms with E-state index in [1.165, 1.54) is 4.90 Å². The Balaban J connectivity index is 2.51. The number of hydrogen-bond donors (Lipinski definition) is 3. The molecule has 5 heteroatoms. The van der Waals surface area contributed by atoms with Crippen LogP contribution in [0.3, 0.4) is 0 Å². The summed E-state index contributed by atoms with van der Waals surface area (Å²) in [6, 6.07) is -0.416. The average Bonchev–Trinajstić information content (AvgIpc) is 2.04. The molecule has 0 aromatic carbocycles. The number of hydrogen-bond acceptors (Lipinski definition) is 2. The van der Waals surface area contributed by atoms with Gasteiger partial charge >= 0.3 is 6.03 Å². The fourth-order valence-electron chi connectivity index (χ4n) is 1.43. The number of carbonyl (C=O) groups excluding carboxylic acids is 1. The number of primary amides is 1. The minimum Gasteiger partial charge on any atom is -0.387 e. The Morgan fingerprint density at radius 3 is 2.67 bits per heavy atom. The van der Waals surface area contributed by atoms with Crippen molar-refractivity contribution in [3.63, 3.8) is 0 Å². The maximum absolute atomic E-state index is 10.8. The van der Waals surface area contributed by atoms with Crippen molar-refractivity contribution in [1.29, 1.82) is 5.41 Å². The first-order chi connectivity index (χ1) is 5.61. The van der Waals surface area contributed by atoms with Crippen LogP contribution < -0.4 is 11.5 Å². The lowest BCUT2D eigenvalue weighted by Crippen LogP contribution is -2.46. The van der Waals surface area contributed by atoms with E-state index in [0.29, 0.717) is 13.1 Å². The van der Waals surface area contributed by atoms with Gasteiger partial charge in [-0.1, -0.05) is 0 Å². The minimum absolute atomic E-state index is 0.00579. The zero-order valence-corrected chi connectivity index (χ0v) is 6.92. The van der Waals surface area contributed by atoms with Gasteiger partial charge in [0.25, 0.3) is 0 Å². The van der Waals surface area contributed by atoms with Gasteiger partial charge < -0.3 is 16.4 Å². The molecule has 12 heavy (non-hydrogen) atoms. The second-order valence-electron chi connectivity index (χ2n) is 3.08. The first-order valence-electron chi connectivity index (χ1n) is 3.99. The number of urea groups is 1. The van der Waals surface area contributed by atoms with Gasteiger partial charge in [0.2, 0.25) is 0 Å². The third-order valence-corrected chi connectivity index (χ3v) is 2.17. The number of rotatable bonds is 1. The SMILES string of the molecule is N=C(N)C1CCCN(C(N)=O)C1. The molecule has 2 amide bonds. The number of piperidine rings is 1. The van der Waals surface area contributed by atoms with Gasteiger partial charge in [0, 0.05) is 19.0 Å². The summed E-state index contributed by atoms with van der Waals surface area (Å²) in [5, 5.41) is 7.22. The van der Waals surface area contributed by atoms with E-state index < -0.39 is 6.03 Å². The van der Waals surface area contributed by atoms with Gasteiger partial charge in [-0.15, -0.1) is 0 Å². The van der Waals surface area contributed by atoms with Crippen molar-refractivity contribution in [1.82, 2.24) is 4.90 Å².